The fraction of sp³-hybridized carbons (Fsp3) is 0.308. The van der Waals surface area contributed by atoms with Gasteiger partial charge in [-0.1, -0.05) is 12.1 Å². The second-order valence-electron chi connectivity index (χ2n) is 4.16. The fourth-order valence-corrected chi connectivity index (χ4v) is 2.46. The average Bonchev–Trinajstić information content (AvgIpc) is 2.77. The van der Waals surface area contributed by atoms with Crippen LogP contribution >= 0.6 is 0 Å². The summed E-state index contributed by atoms with van der Waals surface area (Å²) in [5, 5.41) is 1.01. The second-order valence-corrected chi connectivity index (χ2v) is 4.16. The number of para-hydroxylation sites is 1. The third kappa shape index (κ3) is 1.18. The molecule has 3 nitrogen and oxygen atoms in total. The number of aromatic nitrogens is 1. The highest BCUT2D eigenvalue weighted by Crippen LogP contribution is 2.35. The maximum absolute atomic E-state index is 6.20. The summed E-state index contributed by atoms with van der Waals surface area (Å²) in [5.74, 6) is 0.805. The van der Waals surface area contributed by atoms with Crippen LogP contribution in [0.1, 0.15) is 17.7 Å². The Morgan fingerprint density at radius 2 is 2.19 bits per heavy atom. The first-order chi connectivity index (χ1) is 7.81. The van der Waals surface area contributed by atoms with E-state index in [1.165, 1.54) is 5.56 Å². The van der Waals surface area contributed by atoms with Crippen molar-refractivity contribution in [2.24, 2.45) is 0 Å². The molecule has 0 unspecified atom stereocenters. The van der Waals surface area contributed by atoms with E-state index < -0.39 is 0 Å². The molecule has 1 aromatic carbocycles. The largest absolute Gasteiger partial charge is 0.494 e. The van der Waals surface area contributed by atoms with Crippen molar-refractivity contribution in [3.05, 3.63) is 29.5 Å². The van der Waals surface area contributed by atoms with Gasteiger partial charge in [0.2, 0.25) is 0 Å². The van der Waals surface area contributed by atoms with Crippen LogP contribution in [0.5, 0.6) is 5.75 Å². The number of nitrogens with two attached hydrogens (primary N) is 1. The van der Waals surface area contributed by atoms with Gasteiger partial charge >= 0.3 is 0 Å². The molecule has 0 spiro atoms. The molecule has 2 aromatic rings. The zero-order valence-corrected chi connectivity index (χ0v) is 9.29. The van der Waals surface area contributed by atoms with Gasteiger partial charge in [-0.15, -0.1) is 0 Å². The SMILES string of the molecule is COc1cccc2c(N)c3c(nc12)CCC3. The van der Waals surface area contributed by atoms with Crippen LogP contribution in [0.25, 0.3) is 10.9 Å². The molecule has 2 N–H and O–H groups in total. The Hall–Kier alpha value is -1.77. The van der Waals surface area contributed by atoms with Crippen molar-refractivity contribution >= 4 is 16.6 Å². The zero-order valence-electron chi connectivity index (χ0n) is 9.29. The molecule has 1 aromatic heterocycles. The first kappa shape index (κ1) is 9.46. The zero-order chi connectivity index (χ0) is 11.1. The van der Waals surface area contributed by atoms with Crippen LogP contribution in [0.15, 0.2) is 18.2 Å². The van der Waals surface area contributed by atoms with Gasteiger partial charge < -0.3 is 10.5 Å². The maximum Gasteiger partial charge on any atom is 0.145 e. The van der Waals surface area contributed by atoms with E-state index in [0.29, 0.717) is 0 Å². The molecule has 3 rings (SSSR count). The Balaban J connectivity index is 2.41. The molecule has 0 saturated carbocycles. The number of fused-ring (bicyclic) bond motifs is 2. The quantitative estimate of drug-likeness (QED) is 0.792. The van der Waals surface area contributed by atoms with E-state index in [9.17, 15) is 0 Å². The van der Waals surface area contributed by atoms with Crippen molar-refractivity contribution in [3.63, 3.8) is 0 Å². The number of hydrogen-bond acceptors (Lipinski definition) is 3. The number of pyridine rings is 1. The predicted molar refractivity (Wildman–Crippen MR) is 64.7 cm³/mol. The van der Waals surface area contributed by atoms with Gasteiger partial charge in [0.1, 0.15) is 11.3 Å². The lowest BCUT2D eigenvalue weighted by Gasteiger charge is -2.10. The molecule has 0 amide bonds. The lowest BCUT2D eigenvalue weighted by atomic mass is 10.1. The van der Waals surface area contributed by atoms with Crippen molar-refractivity contribution < 1.29 is 4.74 Å². The van der Waals surface area contributed by atoms with E-state index >= 15 is 0 Å². The highest BCUT2D eigenvalue weighted by atomic mass is 16.5. The van der Waals surface area contributed by atoms with Crippen LogP contribution in [0.4, 0.5) is 5.69 Å². The number of benzene rings is 1. The minimum Gasteiger partial charge on any atom is -0.494 e. The highest BCUT2D eigenvalue weighted by Gasteiger charge is 2.18. The number of anilines is 1. The summed E-state index contributed by atoms with van der Waals surface area (Å²) in [7, 11) is 1.67. The number of aryl methyl sites for hydroxylation is 1. The first-order valence-electron chi connectivity index (χ1n) is 5.55. The van der Waals surface area contributed by atoms with Gasteiger partial charge in [-0.3, -0.25) is 0 Å². The molecule has 0 bridgehead atoms. The normalized spacial score (nSPS) is 14.1. The van der Waals surface area contributed by atoms with Gasteiger partial charge in [-0.05, 0) is 30.9 Å². The van der Waals surface area contributed by atoms with Crippen molar-refractivity contribution in [1.82, 2.24) is 4.98 Å². The van der Waals surface area contributed by atoms with Crippen LogP contribution in [0, 0.1) is 0 Å². The monoisotopic (exact) mass is 214 g/mol. The summed E-state index contributed by atoms with van der Waals surface area (Å²) in [5.41, 5.74) is 10.4. The Labute approximate surface area is 94.2 Å². The molecule has 0 radical (unpaired) electrons. The van der Waals surface area contributed by atoms with Gasteiger partial charge in [0, 0.05) is 16.8 Å². The summed E-state index contributed by atoms with van der Waals surface area (Å²) < 4.78 is 5.32. The standard InChI is InChI=1S/C13H14N2O/c1-16-11-7-3-5-9-12(14)8-4-2-6-10(8)15-13(9)11/h3,5,7H,2,4,6H2,1H3,(H2,14,15). The van der Waals surface area contributed by atoms with Crippen LogP contribution in [-0.2, 0) is 12.8 Å². The Morgan fingerprint density at radius 1 is 1.31 bits per heavy atom. The number of nitrogen functional groups attached to an aromatic ring is 1. The minimum absolute atomic E-state index is 0.805. The van der Waals surface area contributed by atoms with Gasteiger partial charge in [0.25, 0.3) is 0 Å². The topological polar surface area (TPSA) is 48.1 Å². The van der Waals surface area contributed by atoms with Crippen LogP contribution in [0.2, 0.25) is 0 Å². The Kier molecular flexibility index (Phi) is 1.99. The van der Waals surface area contributed by atoms with Crippen molar-refractivity contribution in [3.8, 4) is 5.75 Å². The molecule has 82 valence electrons. The summed E-state index contributed by atoms with van der Waals surface area (Å²) in [6.07, 6.45) is 3.25. The van der Waals surface area contributed by atoms with E-state index in [0.717, 1.165) is 47.3 Å². The molecule has 0 saturated heterocycles. The van der Waals surface area contributed by atoms with Crippen LogP contribution in [-0.4, -0.2) is 12.1 Å². The van der Waals surface area contributed by atoms with E-state index in [4.69, 9.17) is 10.5 Å². The molecular weight excluding hydrogens is 200 g/mol. The number of rotatable bonds is 1. The lowest BCUT2D eigenvalue weighted by molar-refractivity contribution is 0.419. The third-order valence-corrected chi connectivity index (χ3v) is 3.27. The number of nitrogens with zero attached hydrogens (tertiary/aromatic N) is 1. The third-order valence-electron chi connectivity index (χ3n) is 3.27. The first-order valence-corrected chi connectivity index (χ1v) is 5.55. The molecule has 3 heteroatoms. The predicted octanol–water partition coefficient (Wildman–Crippen LogP) is 2.31. The minimum atomic E-state index is 0.805. The van der Waals surface area contributed by atoms with Crippen molar-refractivity contribution in [1.29, 1.82) is 0 Å². The van der Waals surface area contributed by atoms with E-state index in [-0.39, 0.29) is 0 Å². The van der Waals surface area contributed by atoms with Crippen molar-refractivity contribution in [2.45, 2.75) is 19.3 Å². The molecule has 0 fully saturated rings. The molecule has 16 heavy (non-hydrogen) atoms. The molecular formula is C13H14N2O. The Bertz CT molecular complexity index is 563. The maximum atomic E-state index is 6.20. The lowest BCUT2D eigenvalue weighted by Crippen LogP contribution is -1.99. The van der Waals surface area contributed by atoms with Crippen LogP contribution < -0.4 is 10.5 Å². The van der Waals surface area contributed by atoms with Crippen molar-refractivity contribution in [2.75, 3.05) is 12.8 Å². The van der Waals surface area contributed by atoms with E-state index in [2.05, 4.69) is 4.98 Å². The van der Waals surface area contributed by atoms with Gasteiger partial charge in [0.05, 0.1) is 7.11 Å². The highest BCUT2D eigenvalue weighted by molar-refractivity contribution is 5.95. The van der Waals surface area contributed by atoms with Crippen LogP contribution in [0.3, 0.4) is 0 Å². The average molecular weight is 214 g/mol. The summed E-state index contributed by atoms with van der Waals surface area (Å²) in [4.78, 5) is 4.68. The number of hydrogen-bond donors (Lipinski definition) is 1. The second kappa shape index (κ2) is 3.37. The molecule has 1 aliphatic rings. The van der Waals surface area contributed by atoms with E-state index in [1.807, 2.05) is 18.2 Å². The molecule has 1 heterocycles. The number of ether oxygens (including phenoxy) is 1. The summed E-state index contributed by atoms with van der Waals surface area (Å²) in [6.45, 7) is 0. The summed E-state index contributed by atoms with van der Waals surface area (Å²) >= 11 is 0. The van der Waals surface area contributed by atoms with Gasteiger partial charge in [-0.25, -0.2) is 4.98 Å². The van der Waals surface area contributed by atoms with E-state index in [1.54, 1.807) is 7.11 Å². The summed E-state index contributed by atoms with van der Waals surface area (Å²) in [6, 6.07) is 5.90. The molecule has 0 atom stereocenters. The number of methoxy groups -OCH3 is 1. The Morgan fingerprint density at radius 3 is 3.00 bits per heavy atom. The molecule has 1 aliphatic carbocycles. The molecule has 0 aliphatic heterocycles. The van der Waals surface area contributed by atoms with Gasteiger partial charge in [0.15, 0.2) is 0 Å². The smallest absolute Gasteiger partial charge is 0.145 e. The van der Waals surface area contributed by atoms with Gasteiger partial charge in [-0.2, -0.15) is 0 Å². The fourth-order valence-electron chi connectivity index (χ4n) is 2.46.